The standard InChI is InChI=1S/C14H8ClNOS/c15-13-6-5-12(18-13)14(17)10-3-4-11-9(8-10)2-1-7-16-11/h1-8H. The highest BCUT2D eigenvalue weighted by Crippen LogP contribution is 2.24. The molecular formula is C14H8ClNOS. The normalized spacial score (nSPS) is 10.7. The first kappa shape index (κ1) is 11.4. The lowest BCUT2D eigenvalue weighted by molar-refractivity contribution is 0.104. The van der Waals surface area contributed by atoms with E-state index in [1.807, 2.05) is 24.3 Å². The van der Waals surface area contributed by atoms with Crippen molar-refractivity contribution in [2.75, 3.05) is 0 Å². The Labute approximate surface area is 113 Å². The molecule has 0 radical (unpaired) electrons. The van der Waals surface area contributed by atoms with Gasteiger partial charge in [-0.2, -0.15) is 0 Å². The van der Waals surface area contributed by atoms with Gasteiger partial charge in [-0.3, -0.25) is 9.78 Å². The predicted octanol–water partition coefficient (Wildman–Crippen LogP) is 4.18. The molecule has 0 bridgehead atoms. The first-order valence-corrected chi connectivity index (χ1v) is 6.58. The largest absolute Gasteiger partial charge is 0.288 e. The molecule has 0 aliphatic carbocycles. The Hall–Kier alpha value is -1.71. The molecule has 88 valence electrons. The van der Waals surface area contributed by atoms with E-state index in [4.69, 9.17) is 11.6 Å². The van der Waals surface area contributed by atoms with Gasteiger partial charge in [0.1, 0.15) is 0 Å². The van der Waals surface area contributed by atoms with Crippen molar-refractivity contribution in [2.24, 2.45) is 0 Å². The van der Waals surface area contributed by atoms with E-state index in [2.05, 4.69) is 4.98 Å². The summed E-state index contributed by atoms with van der Waals surface area (Å²) in [6.07, 6.45) is 1.74. The smallest absolute Gasteiger partial charge is 0.203 e. The van der Waals surface area contributed by atoms with Crippen LogP contribution in [0, 0.1) is 0 Å². The monoisotopic (exact) mass is 273 g/mol. The van der Waals surface area contributed by atoms with E-state index in [0.29, 0.717) is 14.8 Å². The van der Waals surface area contributed by atoms with Crippen molar-refractivity contribution in [1.29, 1.82) is 0 Å². The van der Waals surface area contributed by atoms with Crippen LogP contribution in [-0.4, -0.2) is 10.8 Å². The van der Waals surface area contributed by atoms with E-state index in [1.165, 1.54) is 11.3 Å². The number of aromatic nitrogens is 1. The highest BCUT2D eigenvalue weighted by Gasteiger charge is 2.11. The second kappa shape index (κ2) is 4.52. The summed E-state index contributed by atoms with van der Waals surface area (Å²) >= 11 is 7.14. The number of halogens is 1. The van der Waals surface area contributed by atoms with E-state index in [1.54, 1.807) is 24.4 Å². The van der Waals surface area contributed by atoms with E-state index in [0.717, 1.165) is 10.9 Å². The third-order valence-electron chi connectivity index (χ3n) is 2.66. The molecule has 2 aromatic heterocycles. The third kappa shape index (κ3) is 2.03. The first-order chi connectivity index (χ1) is 8.74. The number of thiophene rings is 1. The van der Waals surface area contributed by atoms with E-state index >= 15 is 0 Å². The number of carbonyl (C=O) groups excluding carboxylic acids is 1. The van der Waals surface area contributed by atoms with E-state index < -0.39 is 0 Å². The Balaban J connectivity index is 2.06. The number of benzene rings is 1. The first-order valence-electron chi connectivity index (χ1n) is 5.39. The molecule has 0 N–H and O–H groups in total. The van der Waals surface area contributed by atoms with Gasteiger partial charge in [-0.1, -0.05) is 17.7 Å². The van der Waals surface area contributed by atoms with Crippen LogP contribution in [0.25, 0.3) is 10.9 Å². The maximum Gasteiger partial charge on any atom is 0.203 e. The average Bonchev–Trinajstić information content (AvgIpc) is 2.84. The van der Waals surface area contributed by atoms with Crippen LogP contribution in [0.1, 0.15) is 15.2 Å². The Morgan fingerprint density at radius 1 is 1.17 bits per heavy atom. The summed E-state index contributed by atoms with van der Waals surface area (Å²) in [5, 5.41) is 0.964. The van der Waals surface area contributed by atoms with Crippen LogP contribution in [0.15, 0.2) is 48.7 Å². The predicted molar refractivity (Wildman–Crippen MR) is 74.5 cm³/mol. The van der Waals surface area contributed by atoms with Crippen molar-refractivity contribution in [3.05, 3.63) is 63.4 Å². The molecule has 18 heavy (non-hydrogen) atoms. The van der Waals surface area contributed by atoms with Gasteiger partial charge >= 0.3 is 0 Å². The van der Waals surface area contributed by atoms with Crippen LogP contribution < -0.4 is 0 Å². The number of carbonyl (C=O) groups is 1. The highest BCUT2D eigenvalue weighted by atomic mass is 35.5. The molecule has 0 amide bonds. The molecule has 1 aromatic carbocycles. The Morgan fingerprint density at radius 2 is 2.06 bits per heavy atom. The number of hydrogen-bond donors (Lipinski definition) is 0. The van der Waals surface area contributed by atoms with Crippen molar-refractivity contribution in [1.82, 2.24) is 4.98 Å². The molecule has 0 unspecified atom stereocenters. The number of hydrogen-bond acceptors (Lipinski definition) is 3. The van der Waals surface area contributed by atoms with Crippen LogP contribution in [0.2, 0.25) is 4.34 Å². The maximum atomic E-state index is 12.2. The molecule has 0 aliphatic heterocycles. The Kier molecular flexibility index (Phi) is 2.86. The molecular weight excluding hydrogens is 266 g/mol. The fourth-order valence-electron chi connectivity index (χ4n) is 1.80. The molecule has 2 heterocycles. The van der Waals surface area contributed by atoms with Gasteiger partial charge in [-0.05, 0) is 36.4 Å². The second-order valence-electron chi connectivity index (χ2n) is 3.84. The minimum Gasteiger partial charge on any atom is -0.288 e. The molecule has 0 aliphatic rings. The molecule has 0 saturated carbocycles. The quantitative estimate of drug-likeness (QED) is 0.656. The summed E-state index contributed by atoms with van der Waals surface area (Å²) in [4.78, 5) is 17.1. The average molecular weight is 274 g/mol. The van der Waals surface area contributed by atoms with Crippen LogP contribution >= 0.6 is 22.9 Å². The fourth-order valence-corrected chi connectivity index (χ4v) is 2.80. The van der Waals surface area contributed by atoms with Gasteiger partial charge < -0.3 is 0 Å². The molecule has 0 atom stereocenters. The molecule has 0 saturated heterocycles. The summed E-state index contributed by atoms with van der Waals surface area (Å²) in [7, 11) is 0. The van der Waals surface area contributed by atoms with Gasteiger partial charge in [0.25, 0.3) is 0 Å². The number of pyridine rings is 1. The van der Waals surface area contributed by atoms with Gasteiger partial charge in [0.05, 0.1) is 14.7 Å². The van der Waals surface area contributed by atoms with E-state index in [-0.39, 0.29) is 5.78 Å². The zero-order valence-corrected chi connectivity index (χ0v) is 10.8. The highest BCUT2D eigenvalue weighted by molar-refractivity contribution is 7.18. The lowest BCUT2D eigenvalue weighted by atomic mass is 10.1. The second-order valence-corrected chi connectivity index (χ2v) is 5.56. The molecule has 4 heteroatoms. The Morgan fingerprint density at radius 3 is 2.83 bits per heavy atom. The molecule has 3 aromatic rings. The summed E-state index contributed by atoms with van der Waals surface area (Å²) in [5.74, 6) is -0.00217. The van der Waals surface area contributed by atoms with Gasteiger partial charge in [0.15, 0.2) is 0 Å². The number of ketones is 1. The summed E-state index contributed by atoms with van der Waals surface area (Å²) in [5.41, 5.74) is 1.55. The van der Waals surface area contributed by atoms with Crippen molar-refractivity contribution >= 4 is 39.6 Å². The van der Waals surface area contributed by atoms with Crippen LogP contribution in [-0.2, 0) is 0 Å². The maximum absolute atomic E-state index is 12.2. The Bertz CT molecular complexity index is 735. The summed E-state index contributed by atoms with van der Waals surface area (Å²) in [6, 6.07) is 12.8. The fraction of sp³-hybridized carbons (Fsp3) is 0. The topological polar surface area (TPSA) is 30.0 Å². The molecule has 2 nitrogen and oxygen atoms in total. The lowest BCUT2D eigenvalue weighted by Gasteiger charge is -2.00. The van der Waals surface area contributed by atoms with E-state index in [9.17, 15) is 4.79 Å². The summed E-state index contributed by atoms with van der Waals surface area (Å²) < 4.78 is 0.626. The number of rotatable bonds is 2. The minimum absolute atomic E-state index is 0.00217. The van der Waals surface area contributed by atoms with Gasteiger partial charge in [-0.25, -0.2) is 0 Å². The van der Waals surface area contributed by atoms with Crippen LogP contribution in [0.5, 0.6) is 0 Å². The van der Waals surface area contributed by atoms with Gasteiger partial charge in [0.2, 0.25) is 5.78 Å². The molecule has 0 spiro atoms. The third-order valence-corrected chi connectivity index (χ3v) is 3.89. The SMILES string of the molecule is O=C(c1ccc2ncccc2c1)c1ccc(Cl)s1. The molecule has 0 fully saturated rings. The van der Waals surface area contributed by atoms with Crippen LogP contribution in [0.3, 0.4) is 0 Å². The van der Waals surface area contributed by atoms with Crippen molar-refractivity contribution in [3.63, 3.8) is 0 Å². The zero-order chi connectivity index (χ0) is 12.5. The van der Waals surface area contributed by atoms with Crippen molar-refractivity contribution in [3.8, 4) is 0 Å². The van der Waals surface area contributed by atoms with Crippen molar-refractivity contribution < 1.29 is 4.79 Å². The minimum atomic E-state index is -0.00217. The number of nitrogens with zero attached hydrogens (tertiary/aromatic N) is 1. The zero-order valence-electron chi connectivity index (χ0n) is 9.26. The lowest BCUT2D eigenvalue weighted by Crippen LogP contribution is -1.98. The number of fused-ring (bicyclic) bond motifs is 1. The van der Waals surface area contributed by atoms with Crippen LogP contribution in [0.4, 0.5) is 0 Å². The molecule has 3 rings (SSSR count). The van der Waals surface area contributed by atoms with Crippen molar-refractivity contribution in [2.45, 2.75) is 0 Å². The summed E-state index contributed by atoms with van der Waals surface area (Å²) in [6.45, 7) is 0. The van der Waals surface area contributed by atoms with Gasteiger partial charge in [0, 0.05) is 17.1 Å². The van der Waals surface area contributed by atoms with Gasteiger partial charge in [-0.15, -0.1) is 11.3 Å².